The van der Waals surface area contributed by atoms with Gasteiger partial charge in [-0.1, -0.05) is 23.9 Å². The lowest BCUT2D eigenvalue weighted by atomic mass is 10.2. The number of imidazole rings is 1. The van der Waals surface area contributed by atoms with Gasteiger partial charge in [0.25, 0.3) is 0 Å². The Labute approximate surface area is 125 Å². The van der Waals surface area contributed by atoms with Crippen LogP contribution in [-0.2, 0) is 5.75 Å². The number of hydrogen-bond acceptors (Lipinski definition) is 4. The molecule has 0 saturated heterocycles. The van der Waals surface area contributed by atoms with Gasteiger partial charge in [-0.3, -0.25) is 4.98 Å². The lowest BCUT2D eigenvalue weighted by Gasteiger charge is -2.08. The van der Waals surface area contributed by atoms with E-state index in [9.17, 15) is 4.39 Å². The molecule has 0 spiro atoms. The SMILES string of the molecule is Cc1c(OCF)ccnc1CSc1nc2ccccc2[nH]1. The molecular weight excluding hydrogens is 289 g/mol. The molecule has 3 rings (SSSR count). The average molecular weight is 303 g/mol. The fraction of sp³-hybridized carbons (Fsp3) is 0.200. The third-order valence-electron chi connectivity index (χ3n) is 3.18. The summed E-state index contributed by atoms with van der Waals surface area (Å²) < 4.78 is 17.2. The number of pyridine rings is 1. The van der Waals surface area contributed by atoms with Gasteiger partial charge < -0.3 is 9.72 Å². The molecule has 3 aromatic rings. The van der Waals surface area contributed by atoms with Gasteiger partial charge in [0.05, 0.1) is 16.7 Å². The Morgan fingerprint density at radius 3 is 2.95 bits per heavy atom. The van der Waals surface area contributed by atoms with Crippen molar-refractivity contribution >= 4 is 22.8 Å². The van der Waals surface area contributed by atoms with Crippen LogP contribution in [0.1, 0.15) is 11.3 Å². The van der Waals surface area contributed by atoms with Gasteiger partial charge in [0, 0.05) is 17.5 Å². The molecule has 0 aliphatic carbocycles. The first-order chi connectivity index (χ1) is 10.3. The first-order valence-corrected chi connectivity index (χ1v) is 7.47. The Morgan fingerprint density at radius 2 is 2.14 bits per heavy atom. The Kier molecular flexibility index (Phi) is 4.06. The van der Waals surface area contributed by atoms with E-state index < -0.39 is 6.86 Å². The molecule has 108 valence electrons. The van der Waals surface area contributed by atoms with Crippen molar-refractivity contribution in [3.8, 4) is 5.75 Å². The summed E-state index contributed by atoms with van der Waals surface area (Å²) in [4.78, 5) is 12.1. The molecule has 0 bridgehead atoms. The minimum atomic E-state index is -0.832. The minimum absolute atomic E-state index is 0.535. The van der Waals surface area contributed by atoms with E-state index in [2.05, 4.69) is 15.0 Å². The Bertz CT molecular complexity index is 727. The quantitative estimate of drug-likeness (QED) is 0.727. The summed E-state index contributed by atoms with van der Waals surface area (Å²) in [6.07, 6.45) is 1.63. The predicted molar refractivity (Wildman–Crippen MR) is 81.2 cm³/mol. The Hall–Kier alpha value is -2.08. The second-order valence-corrected chi connectivity index (χ2v) is 5.45. The highest BCUT2D eigenvalue weighted by Crippen LogP contribution is 2.26. The van der Waals surface area contributed by atoms with Crippen LogP contribution in [0.25, 0.3) is 11.0 Å². The normalized spacial score (nSPS) is 11.0. The van der Waals surface area contributed by atoms with Crippen LogP contribution in [0.4, 0.5) is 4.39 Å². The lowest BCUT2D eigenvalue weighted by molar-refractivity contribution is 0.190. The van der Waals surface area contributed by atoms with Crippen LogP contribution in [0.15, 0.2) is 41.7 Å². The highest BCUT2D eigenvalue weighted by molar-refractivity contribution is 7.98. The number of ether oxygens (including phenoxy) is 1. The van der Waals surface area contributed by atoms with Crippen LogP contribution in [0.2, 0.25) is 0 Å². The number of alkyl halides is 1. The number of aromatic nitrogens is 3. The van der Waals surface area contributed by atoms with Gasteiger partial charge in [-0.25, -0.2) is 9.37 Å². The molecule has 4 nitrogen and oxygen atoms in total. The van der Waals surface area contributed by atoms with Gasteiger partial charge in [0.1, 0.15) is 5.75 Å². The third-order valence-corrected chi connectivity index (χ3v) is 4.07. The summed E-state index contributed by atoms with van der Waals surface area (Å²) in [6, 6.07) is 9.56. The molecule has 2 aromatic heterocycles. The molecule has 6 heteroatoms. The first kappa shape index (κ1) is 13.9. The zero-order chi connectivity index (χ0) is 14.7. The maximum Gasteiger partial charge on any atom is 0.228 e. The van der Waals surface area contributed by atoms with Crippen LogP contribution in [-0.4, -0.2) is 21.8 Å². The van der Waals surface area contributed by atoms with Crippen molar-refractivity contribution in [1.29, 1.82) is 0 Å². The molecule has 0 fully saturated rings. The number of thioether (sulfide) groups is 1. The maximum atomic E-state index is 12.3. The van der Waals surface area contributed by atoms with Gasteiger partial charge >= 0.3 is 0 Å². The highest BCUT2D eigenvalue weighted by Gasteiger charge is 2.09. The number of rotatable bonds is 5. The molecule has 0 radical (unpaired) electrons. The standard InChI is InChI=1S/C15H14FN3OS/c1-10-13(17-7-6-14(10)20-9-16)8-21-15-18-11-4-2-3-5-12(11)19-15/h2-7H,8-9H2,1H3,(H,18,19). The van der Waals surface area contributed by atoms with Crippen LogP contribution < -0.4 is 4.74 Å². The number of H-pyrrole nitrogens is 1. The van der Waals surface area contributed by atoms with Crippen molar-refractivity contribution in [1.82, 2.24) is 15.0 Å². The predicted octanol–water partition coefficient (Wildman–Crippen LogP) is 3.86. The number of nitrogens with one attached hydrogen (secondary N) is 1. The summed E-state index contributed by atoms with van der Waals surface area (Å²) >= 11 is 1.56. The maximum absolute atomic E-state index is 12.3. The first-order valence-electron chi connectivity index (χ1n) is 6.48. The zero-order valence-corrected chi connectivity index (χ0v) is 12.3. The number of fused-ring (bicyclic) bond motifs is 1. The molecule has 21 heavy (non-hydrogen) atoms. The monoisotopic (exact) mass is 303 g/mol. The molecule has 0 unspecified atom stereocenters. The van der Waals surface area contributed by atoms with Crippen LogP contribution >= 0.6 is 11.8 Å². The van der Waals surface area contributed by atoms with E-state index >= 15 is 0 Å². The molecule has 0 saturated carbocycles. The highest BCUT2D eigenvalue weighted by atomic mass is 32.2. The fourth-order valence-electron chi connectivity index (χ4n) is 2.05. The van der Waals surface area contributed by atoms with Crippen LogP contribution in [0.5, 0.6) is 5.75 Å². The summed E-state index contributed by atoms with van der Waals surface area (Å²) in [6.45, 7) is 1.05. The zero-order valence-electron chi connectivity index (χ0n) is 11.5. The van der Waals surface area contributed by atoms with Crippen molar-refractivity contribution in [2.24, 2.45) is 0 Å². The van der Waals surface area contributed by atoms with Crippen LogP contribution in [0.3, 0.4) is 0 Å². The molecular formula is C15H14FN3OS. The number of aromatic amines is 1. The summed E-state index contributed by atoms with van der Waals surface area (Å²) in [7, 11) is 0. The van der Waals surface area contributed by atoms with E-state index in [0.717, 1.165) is 27.4 Å². The van der Waals surface area contributed by atoms with Crippen molar-refractivity contribution in [2.75, 3.05) is 6.86 Å². The number of nitrogens with zero attached hydrogens (tertiary/aromatic N) is 2. The van der Waals surface area contributed by atoms with E-state index in [0.29, 0.717) is 11.5 Å². The topological polar surface area (TPSA) is 50.8 Å². The number of benzene rings is 1. The smallest absolute Gasteiger partial charge is 0.228 e. The Balaban J connectivity index is 1.76. The summed E-state index contributed by atoms with van der Waals surface area (Å²) in [5, 5.41) is 0.842. The molecule has 1 aromatic carbocycles. The van der Waals surface area contributed by atoms with Crippen molar-refractivity contribution in [3.63, 3.8) is 0 Å². The molecule has 0 amide bonds. The third kappa shape index (κ3) is 3.00. The molecule has 0 aliphatic heterocycles. The average Bonchev–Trinajstić information content (AvgIpc) is 2.91. The van der Waals surface area contributed by atoms with E-state index in [1.54, 1.807) is 24.0 Å². The number of halogens is 1. The van der Waals surface area contributed by atoms with E-state index in [1.807, 2.05) is 31.2 Å². The van der Waals surface area contributed by atoms with Gasteiger partial charge in [-0.15, -0.1) is 0 Å². The Morgan fingerprint density at radius 1 is 1.29 bits per heavy atom. The molecule has 2 heterocycles. The van der Waals surface area contributed by atoms with E-state index in [4.69, 9.17) is 4.74 Å². The second-order valence-electron chi connectivity index (χ2n) is 4.48. The molecule has 1 N–H and O–H groups in total. The van der Waals surface area contributed by atoms with Gasteiger partial charge in [-0.2, -0.15) is 0 Å². The van der Waals surface area contributed by atoms with Gasteiger partial charge in [0.15, 0.2) is 5.16 Å². The fourth-order valence-corrected chi connectivity index (χ4v) is 2.96. The van der Waals surface area contributed by atoms with Gasteiger partial charge in [-0.05, 0) is 25.1 Å². The molecule has 0 atom stereocenters. The number of para-hydroxylation sites is 2. The van der Waals surface area contributed by atoms with Crippen molar-refractivity contribution < 1.29 is 9.13 Å². The molecule has 0 aliphatic rings. The van der Waals surface area contributed by atoms with Crippen molar-refractivity contribution in [3.05, 3.63) is 47.8 Å². The van der Waals surface area contributed by atoms with E-state index in [1.165, 1.54) is 0 Å². The van der Waals surface area contributed by atoms with Gasteiger partial charge in [0.2, 0.25) is 6.86 Å². The summed E-state index contributed by atoms with van der Waals surface area (Å²) in [5.41, 5.74) is 3.68. The largest absolute Gasteiger partial charge is 0.463 e. The second kappa shape index (κ2) is 6.13. The number of hydrogen-bond donors (Lipinski definition) is 1. The van der Waals surface area contributed by atoms with Crippen LogP contribution in [0, 0.1) is 6.92 Å². The van der Waals surface area contributed by atoms with Crippen molar-refractivity contribution in [2.45, 2.75) is 17.8 Å². The lowest BCUT2D eigenvalue weighted by Crippen LogP contribution is -1.98. The summed E-state index contributed by atoms with van der Waals surface area (Å²) in [5.74, 6) is 1.18. The minimum Gasteiger partial charge on any atom is -0.463 e. The van der Waals surface area contributed by atoms with E-state index in [-0.39, 0.29) is 0 Å².